The van der Waals surface area contributed by atoms with Gasteiger partial charge in [-0.1, -0.05) is 6.07 Å². The third-order valence-corrected chi connectivity index (χ3v) is 2.50. The zero-order valence-corrected chi connectivity index (χ0v) is 9.42. The fourth-order valence-electron chi connectivity index (χ4n) is 1.69. The first kappa shape index (κ1) is 12.1. The maximum Gasteiger partial charge on any atom is 0.250 e. The summed E-state index contributed by atoms with van der Waals surface area (Å²) < 4.78 is 34.6. The fourth-order valence-corrected chi connectivity index (χ4v) is 1.69. The van der Waals surface area contributed by atoms with Crippen LogP contribution in [-0.4, -0.2) is 32.7 Å². The van der Waals surface area contributed by atoms with Gasteiger partial charge in [0.2, 0.25) is 0 Å². The van der Waals surface area contributed by atoms with Gasteiger partial charge in [-0.3, -0.25) is 0 Å². The zero-order chi connectivity index (χ0) is 12.1. The van der Waals surface area contributed by atoms with Gasteiger partial charge in [0.05, 0.1) is 6.54 Å². The average molecular weight is 243 g/mol. The molecule has 0 bridgehead atoms. The maximum atomic E-state index is 11.9. The van der Waals surface area contributed by atoms with Crippen LogP contribution >= 0.6 is 0 Å². The van der Waals surface area contributed by atoms with Crippen molar-refractivity contribution in [2.24, 2.45) is 0 Å². The lowest BCUT2D eigenvalue weighted by Crippen LogP contribution is -2.23. The number of hydrogen-bond acceptors (Lipinski definition) is 3. The van der Waals surface area contributed by atoms with Crippen LogP contribution in [0.15, 0.2) is 18.2 Å². The second-order valence-corrected chi connectivity index (χ2v) is 3.82. The Morgan fingerprint density at radius 1 is 1.18 bits per heavy atom. The molecule has 0 saturated carbocycles. The second-order valence-electron chi connectivity index (χ2n) is 3.82. The molecular formula is C12H15F2NO2. The van der Waals surface area contributed by atoms with Crippen molar-refractivity contribution in [3.63, 3.8) is 0 Å². The molecule has 2 rings (SSSR count). The third kappa shape index (κ3) is 3.56. The molecule has 0 amide bonds. The van der Waals surface area contributed by atoms with E-state index in [2.05, 4.69) is 5.32 Å². The smallest absolute Gasteiger partial charge is 0.250 e. The van der Waals surface area contributed by atoms with E-state index in [-0.39, 0.29) is 6.54 Å². The molecule has 1 aromatic rings. The first-order valence-electron chi connectivity index (χ1n) is 5.63. The Morgan fingerprint density at radius 2 is 1.94 bits per heavy atom. The maximum absolute atomic E-state index is 11.9. The highest BCUT2D eigenvalue weighted by Gasteiger charge is 2.11. The summed E-state index contributed by atoms with van der Waals surface area (Å²) in [6.07, 6.45) is -1.60. The third-order valence-electron chi connectivity index (χ3n) is 2.50. The van der Waals surface area contributed by atoms with Gasteiger partial charge in [-0.05, 0) is 30.7 Å². The molecule has 5 heteroatoms. The number of fused-ring (bicyclic) bond motifs is 1. The van der Waals surface area contributed by atoms with Gasteiger partial charge in [0.1, 0.15) is 13.2 Å². The Bertz CT molecular complexity index is 372. The molecule has 0 saturated heterocycles. The van der Waals surface area contributed by atoms with Crippen molar-refractivity contribution in [3.8, 4) is 11.5 Å². The number of ether oxygens (including phenoxy) is 2. The van der Waals surface area contributed by atoms with Gasteiger partial charge in [-0.2, -0.15) is 0 Å². The Kier molecular flexibility index (Phi) is 4.14. The standard InChI is InChI=1S/C12H15F2NO2/c13-12(14)8-15-4-3-9-1-2-10-11(7-9)17-6-5-16-10/h1-2,7,12,15H,3-6,8H2. The first-order valence-corrected chi connectivity index (χ1v) is 5.63. The van der Waals surface area contributed by atoms with E-state index in [0.29, 0.717) is 26.2 Å². The minimum absolute atomic E-state index is 0.259. The van der Waals surface area contributed by atoms with Gasteiger partial charge in [0, 0.05) is 0 Å². The van der Waals surface area contributed by atoms with Crippen LogP contribution in [0, 0.1) is 0 Å². The van der Waals surface area contributed by atoms with Crippen LogP contribution in [-0.2, 0) is 6.42 Å². The normalized spacial score (nSPS) is 14.1. The molecule has 1 N–H and O–H groups in total. The molecule has 0 fully saturated rings. The molecule has 1 heterocycles. The molecule has 0 spiro atoms. The molecular weight excluding hydrogens is 228 g/mol. The van der Waals surface area contributed by atoms with E-state index in [9.17, 15) is 8.78 Å². The van der Waals surface area contributed by atoms with Crippen LogP contribution in [0.1, 0.15) is 5.56 Å². The molecule has 1 aromatic carbocycles. The molecule has 1 aliphatic rings. The molecule has 0 atom stereocenters. The number of nitrogens with one attached hydrogen (secondary N) is 1. The van der Waals surface area contributed by atoms with Crippen LogP contribution < -0.4 is 14.8 Å². The molecule has 17 heavy (non-hydrogen) atoms. The molecule has 3 nitrogen and oxygen atoms in total. The Morgan fingerprint density at radius 3 is 2.71 bits per heavy atom. The minimum Gasteiger partial charge on any atom is -0.486 e. The van der Waals surface area contributed by atoms with Crippen molar-refractivity contribution in [1.29, 1.82) is 0 Å². The van der Waals surface area contributed by atoms with Crippen molar-refractivity contribution >= 4 is 0 Å². The van der Waals surface area contributed by atoms with Crippen LogP contribution in [0.5, 0.6) is 11.5 Å². The summed E-state index contributed by atoms with van der Waals surface area (Å²) in [5.41, 5.74) is 1.05. The van der Waals surface area contributed by atoms with Crippen LogP contribution in [0.4, 0.5) is 8.78 Å². The second kappa shape index (κ2) is 5.82. The molecule has 0 radical (unpaired) electrons. The fraction of sp³-hybridized carbons (Fsp3) is 0.500. The summed E-state index contributed by atoms with van der Waals surface area (Å²) >= 11 is 0. The van der Waals surface area contributed by atoms with E-state index < -0.39 is 6.43 Å². The highest BCUT2D eigenvalue weighted by Crippen LogP contribution is 2.30. The first-order chi connectivity index (χ1) is 8.25. The van der Waals surface area contributed by atoms with Crippen LogP contribution in [0.25, 0.3) is 0 Å². The Hall–Kier alpha value is -1.36. The van der Waals surface area contributed by atoms with Gasteiger partial charge in [-0.25, -0.2) is 8.78 Å². The number of halogens is 2. The Balaban J connectivity index is 1.85. The number of rotatable bonds is 5. The summed E-state index contributed by atoms with van der Waals surface area (Å²) in [6, 6.07) is 5.69. The number of benzene rings is 1. The van der Waals surface area contributed by atoms with Crippen molar-refractivity contribution in [2.45, 2.75) is 12.8 Å². The summed E-state index contributed by atoms with van der Waals surface area (Å²) in [6.45, 7) is 1.40. The van der Waals surface area contributed by atoms with Crippen molar-refractivity contribution in [2.75, 3.05) is 26.3 Å². The van der Waals surface area contributed by atoms with Gasteiger partial charge in [0.25, 0.3) is 6.43 Å². The summed E-state index contributed by atoms with van der Waals surface area (Å²) in [5, 5.41) is 2.69. The monoisotopic (exact) mass is 243 g/mol. The molecule has 94 valence electrons. The lowest BCUT2D eigenvalue weighted by Gasteiger charge is -2.18. The summed E-state index contributed by atoms with van der Waals surface area (Å²) in [7, 11) is 0. The van der Waals surface area contributed by atoms with Gasteiger partial charge in [0.15, 0.2) is 11.5 Å². The van der Waals surface area contributed by atoms with E-state index in [0.717, 1.165) is 17.1 Å². The lowest BCUT2D eigenvalue weighted by molar-refractivity contribution is 0.146. The SMILES string of the molecule is FC(F)CNCCc1ccc2c(c1)OCCO2. The minimum atomic E-state index is -2.30. The van der Waals surface area contributed by atoms with Crippen LogP contribution in [0.3, 0.4) is 0 Å². The Labute approximate surface area is 98.7 Å². The van der Waals surface area contributed by atoms with Gasteiger partial charge in [-0.15, -0.1) is 0 Å². The summed E-state index contributed by atoms with van der Waals surface area (Å²) in [5.74, 6) is 1.49. The van der Waals surface area contributed by atoms with Gasteiger partial charge < -0.3 is 14.8 Å². The van der Waals surface area contributed by atoms with E-state index in [1.807, 2.05) is 18.2 Å². The molecule has 0 unspecified atom stereocenters. The van der Waals surface area contributed by atoms with E-state index in [4.69, 9.17) is 9.47 Å². The molecule has 0 aliphatic carbocycles. The number of alkyl halides is 2. The van der Waals surface area contributed by atoms with Crippen molar-refractivity contribution < 1.29 is 18.3 Å². The number of hydrogen-bond donors (Lipinski definition) is 1. The highest BCUT2D eigenvalue weighted by molar-refractivity contribution is 5.43. The van der Waals surface area contributed by atoms with E-state index in [1.54, 1.807) is 0 Å². The predicted octanol–water partition coefficient (Wildman–Crippen LogP) is 1.85. The van der Waals surface area contributed by atoms with E-state index >= 15 is 0 Å². The quantitative estimate of drug-likeness (QED) is 0.801. The van der Waals surface area contributed by atoms with Crippen molar-refractivity contribution in [1.82, 2.24) is 5.32 Å². The summed E-state index contributed by atoms with van der Waals surface area (Å²) in [4.78, 5) is 0. The lowest BCUT2D eigenvalue weighted by atomic mass is 10.1. The topological polar surface area (TPSA) is 30.5 Å². The van der Waals surface area contributed by atoms with Crippen molar-refractivity contribution in [3.05, 3.63) is 23.8 Å². The predicted molar refractivity (Wildman–Crippen MR) is 60.0 cm³/mol. The molecule has 1 aliphatic heterocycles. The zero-order valence-electron chi connectivity index (χ0n) is 9.42. The largest absolute Gasteiger partial charge is 0.486 e. The highest BCUT2D eigenvalue weighted by atomic mass is 19.3. The average Bonchev–Trinajstić information content (AvgIpc) is 2.34. The molecule has 0 aromatic heterocycles. The van der Waals surface area contributed by atoms with E-state index in [1.165, 1.54) is 0 Å². The van der Waals surface area contributed by atoms with Gasteiger partial charge >= 0.3 is 0 Å². The van der Waals surface area contributed by atoms with Crippen LogP contribution in [0.2, 0.25) is 0 Å².